The van der Waals surface area contributed by atoms with Crippen molar-refractivity contribution in [2.24, 2.45) is 0 Å². The number of benzene rings is 1. The Morgan fingerprint density at radius 1 is 1.22 bits per heavy atom. The van der Waals surface area contributed by atoms with Crippen LogP contribution in [0, 0.1) is 0 Å². The summed E-state index contributed by atoms with van der Waals surface area (Å²) in [6.07, 6.45) is 2.71. The van der Waals surface area contributed by atoms with Crippen LogP contribution in [0.25, 0.3) is 16.3 Å². The fraction of sp³-hybridized carbons (Fsp3) is 0.294. The molecule has 0 radical (unpaired) electrons. The number of ether oxygens (including phenoxy) is 1. The number of hydrogen-bond donors (Lipinski definition) is 1. The molecule has 140 valence electrons. The van der Waals surface area contributed by atoms with Gasteiger partial charge >= 0.3 is 6.09 Å². The van der Waals surface area contributed by atoms with Gasteiger partial charge in [0.25, 0.3) is 0 Å². The van der Waals surface area contributed by atoms with E-state index >= 15 is 0 Å². The monoisotopic (exact) mass is 386 g/mol. The van der Waals surface area contributed by atoms with Crippen LogP contribution in [0.4, 0.5) is 9.93 Å². The minimum atomic E-state index is -0.880. The SMILES string of the molecule is COc1cc(-n2cccn2)ccc1-c1nnc(N2CCN(C(=O)O)CC2)s1. The van der Waals surface area contributed by atoms with Crippen LogP contribution in [0.2, 0.25) is 0 Å². The standard InChI is InChI=1S/C17H18N6O3S/c1-26-14-11-12(23-6-2-5-18-23)3-4-13(14)15-19-20-16(27-15)21-7-9-22(10-8-21)17(24)25/h2-6,11H,7-10H2,1H3,(H,24,25). The molecule has 9 nitrogen and oxygen atoms in total. The Labute approximate surface area is 159 Å². The maximum atomic E-state index is 11.0. The highest BCUT2D eigenvalue weighted by atomic mass is 32.1. The first-order valence-corrected chi connectivity index (χ1v) is 9.22. The van der Waals surface area contributed by atoms with Crippen LogP contribution in [0.1, 0.15) is 0 Å². The number of nitrogens with zero attached hydrogens (tertiary/aromatic N) is 6. The van der Waals surface area contributed by atoms with Crippen LogP contribution in [0.15, 0.2) is 36.7 Å². The molecule has 2 aromatic heterocycles. The zero-order valence-electron chi connectivity index (χ0n) is 14.6. The summed E-state index contributed by atoms with van der Waals surface area (Å²) in [7, 11) is 1.62. The quantitative estimate of drug-likeness (QED) is 0.734. The molecule has 1 aromatic carbocycles. The fourth-order valence-corrected chi connectivity index (χ4v) is 3.89. The molecule has 1 amide bonds. The fourth-order valence-electron chi connectivity index (χ4n) is 2.96. The van der Waals surface area contributed by atoms with E-state index in [0.29, 0.717) is 31.9 Å². The molecule has 1 N–H and O–H groups in total. The van der Waals surface area contributed by atoms with Crippen molar-refractivity contribution >= 4 is 22.6 Å². The second-order valence-electron chi connectivity index (χ2n) is 5.98. The second-order valence-corrected chi connectivity index (χ2v) is 6.94. The van der Waals surface area contributed by atoms with Crippen LogP contribution < -0.4 is 9.64 Å². The molecule has 1 aliphatic rings. The molecule has 27 heavy (non-hydrogen) atoms. The van der Waals surface area contributed by atoms with Gasteiger partial charge in [0.05, 0.1) is 18.4 Å². The Hall–Kier alpha value is -3.14. The second kappa shape index (κ2) is 7.23. The summed E-state index contributed by atoms with van der Waals surface area (Å²) >= 11 is 1.47. The normalized spacial score (nSPS) is 14.4. The van der Waals surface area contributed by atoms with Crippen molar-refractivity contribution in [3.8, 4) is 22.0 Å². The number of carbonyl (C=O) groups is 1. The molecule has 0 saturated carbocycles. The Morgan fingerprint density at radius 3 is 2.70 bits per heavy atom. The summed E-state index contributed by atoms with van der Waals surface area (Å²) < 4.78 is 7.31. The first-order valence-electron chi connectivity index (χ1n) is 8.40. The molecule has 3 heterocycles. The van der Waals surface area contributed by atoms with Gasteiger partial charge in [0.15, 0.2) is 5.01 Å². The van der Waals surface area contributed by atoms with Gasteiger partial charge in [-0.25, -0.2) is 9.48 Å². The van der Waals surface area contributed by atoms with E-state index in [1.165, 1.54) is 16.2 Å². The van der Waals surface area contributed by atoms with Crippen LogP contribution in [-0.4, -0.2) is 69.4 Å². The number of amides is 1. The van der Waals surface area contributed by atoms with Gasteiger partial charge in [0, 0.05) is 44.6 Å². The topological polar surface area (TPSA) is 96.6 Å². The minimum absolute atomic E-state index is 0.464. The van der Waals surface area contributed by atoms with Gasteiger partial charge in [-0.2, -0.15) is 5.10 Å². The van der Waals surface area contributed by atoms with Crippen LogP contribution >= 0.6 is 11.3 Å². The molecule has 0 aliphatic carbocycles. The van der Waals surface area contributed by atoms with Crippen molar-refractivity contribution < 1.29 is 14.6 Å². The number of aromatic nitrogens is 4. The molecule has 4 rings (SSSR count). The van der Waals surface area contributed by atoms with Gasteiger partial charge in [0.1, 0.15) is 5.75 Å². The van der Waals surface area contributed by atoms with Gasteiger partial charge < -0.3 is 19.6 Å². The molecule has 10 heteroatoms. The summed E-state index contributed by atoms with van der Waals surface area (Å²) in [6, 6.07) is 7.68. The van der Waals surface area contributed by atoms with Crippen LogP contribution in [-0.2, 0) is 0 Å². The van der Waals surface area contributed by atoms with E-state index in [1.807, 2.05) is 30.5 Å². The number of rotatable bonds is 4. The average Bonchev–Trinajstić information content (AvgIpc) is 3.40. The lowest BCUT2D eigenvalue weighted by Crippen LogP contribution is -2.48. The van der Waals surface area contributed by atoms with Crippen molar-refractivity contribution in [2.45, 2.75) is 0 Å². The molecule has 1 fully saturated rings. The maximum absolute atomic E-state index is 11.0. The van der Waals surface area contributed by atoms with E-state index in [1.54, 1.807) is 18.0 Å². The molecular formula is C17H18N6O3S. The van der Waals surface area contributed by atoms with E-state index in [0.717, 1.165) is 21.4 Å². The van der Waals surface area contributed by atoms with Crippen LogP contribution in [0.5, 0.6) is 5.75 Å². The first-order chi connectivity index (χ1) is 13.2. The van der Waals surface area contributed by atoms with Crippen molar-refractivity contribution in [2.75, 3.05) is 38.2 Å². The van der Waals surface area contributed by atoms with E-state index < -0.39 is 6.09 Å². The van der Waals surface area contributed by atoms with Gasteiger partial charge in [-0.15, -0.1) is 10.2 Å². The smallest absolute Gasteiger partial charge is 0.407 e. The van der Waals surface area contributed by atoms with Crippen molar-refractivity contribution in [3.63, 3.8) is 0 Å². The molecule has 0 unspecified atom stereocenters. The summed E-state index contributed by atoms with van der Waals surface area (Å²) in [5, 5.41) is 23.4. The Bertz CT molecular complexity index is 934. The lowest BCUT2D eigenvalue weighted by Gasteiger charge is -2.32. The predicted octanol–water partition coefficient (Wildman–Crippen LogP) is 2.20. The number of anilines is 1. The van der Waals surface area contributed by atoms with E-state index in [2.05, 4.69) is 20.2 Å². The average molecular weight is 386 g/mol. The molecule has 0 spiro atoms. The minimum Gasteiger partial charge on any atom is -0.496 e. The van der Waals surface area contributed by atoms with Crippen molar-refractivity contribution in [1.29, 1.82) is 0 Å². The highest BCUT2D eigenvalue weighted by molar-refractivity contribution is 7.18. The summed E-state index contributed by atoms with van der Waals surface area (Å²) in [6.45, 7) is 2.14. The van der Waals surface area contributed by atoms with Gasteiger partial charge in [-0.05, 0) is 18.2 Å². The molecule has 3 aromatic rings. The zero-order valence-corrected chi connectivity index (χ0v) is 15.5. The molecular weight excluding hydrogens is 368 g/mol. The van der Waals surface area contributed by atoms with E-state index in [4.69, 9.17) is 9.84 Å². The van der Waals surface area contributed by atoms with Crippen molar-refractivity contribution in [3.05, 3.63) is 36.7 Å². The zero-order chi connectivity index (χ0) is 18.8. The first kappa shape index (κ1) is 17.3. The highest BCUT2D eigenvalue weighted by Crippen LogP contribution is 2.36. The predicted molar refractivity (Wildman–Crippen MR) is 101 cm³/mol. The third kappa shape index (κ3) is 3.43. The van der Waals surface area contributed by atoms with Crippen molar-refractivity contribution in [1.82, 2.24) is 24.9 Å². The lowest BCUT2D eigenvalue weighted by atomic mass is 10.2. The van der Waals surface area contributed by atoms with E-state index in [-0.39, 0.29) is 0 Å². The highest BCUT2D eigenvalue weighted by Gasteiger charge is 2.23. The maximum Gasteiger partial charge on any atom is 0.407 e. The Balaban J connectivity index is 1.55. The summed E-state index contributed by atoms with van der Waals surface area (Å²) in [5.74, 6) is 0.696. The summed E-state index contributed by atoms with van der Waals surface area (Å²) in [4.78, 5) is 14.5. The number of hydrogen-bond acceptors (Lipinski definition) is 7. The lowest BCUT2D eigenvalue weighted by molar-refractivity contribution is 0.142. The van der Waals surface area contributed by atoms with E-state index in [9.17, 15) is 4.79 Å². The number of carboxylic acid groups (broad SMARTS) is 1. The van der Waals surface area contributed by atoms with Gasteiger partial charge in [-0.1, -0.05) is 11.3 Å². The molecule has 0 bridgehead atoms. The largest absolute Gasteiger partial charge is 0.496 e. The summed E-state index contributed by atoms with van der Waals surface area (Å²) in [5.41, 5.74) is 1.76. The van der Waals surface area contributed by atoms with Crippen LogP contribution in [0.3, 0.4) is 0 Å². The van der Waals surface area contributed by atoms with Gasteiger partial charge in [0.2, 0.25) is 5.13 Å². The third-order valence-corrected chi connectivity index (χ3v) is 5.44. The number of piperazine rings is 1. The Kier molecular flexibility index (Phi) is 4.63. The third-order valence-electron chi connectivity index (χ3n) is 4.42. The molecule has 0 atom stereocenters. The Morgan fingerprint density at radius 2 is 2.04 bits per heavy atom. The number of methoxy groups -OCH3 is 1. The molecule has 1 aliphatic heterocycles. The van der Waals surface area contributed by atoms with Gasteiger partial charge in [-0.3, -0.25) is 0 Å². The molecule has 1 saturated heterocycles.